The van der Waals surface area contributed by atoms with E-state index < -0.39 is 5.97 Å². The number of hydrogen-bond donors (Lipinski definition) is 1. The Hall–Kier alpha value is -1.39. The minimum absolute atomic E-state index is 0.0750. The quantitative estimate of drug-likeness (QED) is 0.745. The van der Waals surface area contributed by atoms with Gasteiger partial charge in [-0.05, 0) is 12.3 Å². The second-order valence-corrected chi connectivity index (χ2v) is 3.84. The summed E-state index contributed by atoms with van der Waals surface area (Å²) in [5.41, 5.74) is 0. The minimum Gasteiger partial charge on any atom is -0.481 e. The predicted molar refractivity (Wildman–Crippen MR) is 48.8 cm³/mol. The van der Waals surface area contributed by atoms with Crippen LogP contribution < -0.4 is 0 Å². The molecule has 1 aromatic rings. The standard InChI is InChI=1S/C9H13N3O2/c1-6-2-3-8-10-7(4-9(13)14)11-12(8)5-6/h6H,2-5H2,1H3,(H,13,14). The van der Waals surface area contributed by atoms with Gasteiger partial charge in [0.25, 0.3) is 0 Å². The molecule has 0 fully saturated rings. The first-order valence-electron chi connectivity index (χ1n) is 4.79. The molecule has 1 aliphatic rings. The normalized spacial score (nSPS) is 20.5. The third kappa shape index (κ3) is 1.76. The molecule has 1 unspecified atom stereocenters. The van der Waals surface area contributed by atoms with Crippen molar-refractivity contribution in [3.63, 3.8) is 0 Å². The third-order valence-electron chi connectivity index (χ3n) is 2.45. The van der Waals surface area contributed by atoms with Gasteiger partial charge < -0.3 is 5.11 Å². The Morgan fingerprint density at radius 3 is 3.21 bits per heavy atom. The monoisotopic (exact) mass is 195 g/mol. The molecule has 2 rings (SSSR count). The molecule has 5 heteroatoms. The topological polar surface area (TPSA) is 68.0 Å². The van der Waals surface area contributed by atoms with Crippen LogP contribution in [0.15, 0.2) is 0 Å². The first-order valence-corrected chi connectivity index (χ1v) is 4.79. The van der Waals surface area contributed by atoms with E-state index in [-0.39, 0.29) is 6.42 Å². The molecule has 14 heavy (non-hydrogen) atoms. The summed E-state index contributed by atoms with van der Waals surface area (Å²) in [7, 11) is 0. The van der Waals surface area contributed by atoms with Crippen molar-refractivity contribution in [2.24, 2.45) is 5.92 Å². The van der Waals surface area contributed by atoms with Gasteiger partial charge in [-0.25, -0.2) is 9.67 Å². The maximum atomic E-state index is 10.5. The number of carboxylic acids is 1. The highest BCUT2D eigenvalue weighted by Crippen LogP contribution is 2.17. The fraction of sp³-hybridized carbons (Fsp3) is 0.667. The van der Waals surface area contributed by atoms with Crippen LogP contribution in [-0.4, -0.2) is 25.8 Å². The lowest BCUT2D eigenvalue weighted by Crippen LogP contribution is -2.18. The molecular formula is C9H13N3O2. The molecule has 0 radical (unpaired) electrons. The van der Waals surface area contributed by atoms with E-state index in [1.165, 1.54) is 0 Å². The first kappa shape index (κ1) is 9.18. The van der Waals surface area contributed by atoms with E-state index in [4.69, 9.17) is 5.11 Å². The average molecular weight is 195 g/mol. The molecule has 1 N–H and O–H groups in total. The summed E-state index contributed by atoms with van der Waals surface area (Å²) in [5.74, 6) is 1.10. The van der Waals surface area contributed by atoms with Crippen LogP contribution in [0.4, 0.5) is 0 Å². The molecule has 0 bridgehead atoms. The number of aryl methyl sites for hydroxylation is 1. The molecule has 0 spiro atoms. The van der Waals surface area contributed by atoms with Gasteiger partial charge in [0, 0.05) is 13.0 Å². The minimum atomic E-state index is -0.874. The predicted octanol–water partition coefficient (Wildman–Crippen LogP) is 0.487. The highest BCUT2D eigenvalue weighted by Gasteiger charge is 2.19. The summed E-state index contributed by atoms with van der Waals surface area (Å²) < 4.78 is 1.84. The van der Waals surface area contributed by atoms with Crippen LogP contribution in [0.1, 0.15) is 25.0 Å². The zero-order chi connectivity index (χ0) is 10.1. The van der Waals surface area contributed by atoms with Gasteiger partial charge in [-0.1, -0.05) is 6.92 Å². The van der Waals surface area contributed by atoms with E-state index in [1.54, 1.807) is 0 Å². The van der Waals surface area contributed by atoms with Gasteiger partial charge >= 0.3 is 5.97 Å². The molecule has 1 atom stereocenters. The molecule has 2 heterocycles. The Bertz CT molecular complexity index is 359. The average Bonchev–Trinajstić information content (AvgIpc) is 2.44. The number of hydrogen-bond acceptors (Lipinski definition) is 3. The van der Waals surface area contributed by atoms with Gasteiger partial charge in [0.2, 0.25) is 0 Å². The molecule has 1 aromatic heterocycles. The number of rotatable bonds is 2. The number of carboxylic acid groups (broad SMARTS) is 1. The number of nitrogens with zero attached hydrogens (tertiary/aromatic N) is 3. The summed E-state index contributed by atoms with van der Waals surface area (Å²) in [6, 6.07) is 0. The van der Waals surface area contributed by atoms with Gasteiger partial charge in [0.1, 0.15) is 12.2 Å². The molecular weight excluding hydrogens is 182 g/mol. The van der Waals surface area contributed by atoms with E-state index in [0.29, 0.717) is 11.7 Å². The molecule has 1 aliphatic heterocycles. The highest BCUT2D eigenvalue weighted by atomic mass is 16.4. The second kappa shape index (κ2) is 3.40. The van der Waals surface area contributed by atoms with Crippen LogP contribution in [0.25, 0.3) is 0 Å². The Morgan fingerprint density at radius 2 is 2.50 bits per heavy atom. The summed E-state index contributed by atoms with van der Waals surface area (Å²) >= 11 is 0. The third-order valence-corrected chi connectivity index (χ3v) is 2.45. The van der Waals surface area contributed by atoms with E-state index in [2.05, 4.69) is 17.0 Å². The van der Waals surface area contributed by atoms with Crippen LogP contribution in [0.5, 0.6) is 0 Å². The van der Waals surface area contributed by atoms with Gasteiger partial charge in [-0.2, -0.15) is 5.10 Å². The molecule has 0 aromatic carbocycles. The van der Waals surface area contributed by atoms with Crippen molar-refractivity contribution in [3.8, 4) is 0 Å². The van der Waals surface area contributed by atoms with Crippen molar-refractivity contribution in [2.75, 3.05) is 0 Å². The molecule has 0 aliphatic carbocycles. The van der Waals surface area contributed by atoms with Gasteiger partial charge in [-0.3, -0.25) is 4.79 Å². The lowest BCUT2D eigenvalue weighted by Gasteiger charge is -2.17. The Morgan fingerprint density at radius 1 is 1.71 bits per heavy atom. The largest absolute Gasteiger partial charge is 0.481 e. The number of carbonyl (C=O) groups is 1. The number of aromatic nitrogens is 3. The van der Waals surface area contributed by atoms with Crippen LogP contribution in [0.2, 0.25) is 0 Å². The van der Waals surface area contributed by atoms with E-state index in [9.17, 15) is 4.79 Å². The van der Waals surface area contributed by atoms with Crippen LogP contribution in [0, 0.1) is 5.92 Å². The summed E-state index contributed by atoms with van der Waals surface area (Å²) in [6.45, 7) is 3.03. The van der Waals surface area contributed by atoms with Crippen LogP contribution in [-0.2, 0) is 24.2 Å². The fourth-order valence-electron chi connectivity index (χ4n) is 1.73. The Balaban J connectivity index is 2.19. The van der Waals surface area contributed by atoms with E-state index in [0.717, 1.165) is 25.2 Å². The summed E-state index contributed by atoms with van der Waals surface area (Å²) in [6.07, 6.45) is 1.95. The van der Waals surface area contributed by atoms with Crippen molar-refractivity contribution in [2.45, 2.75) is 32.7 Å². The van der Waals surface area contributed by atoms with E-state index in [1.807, 2.05) is 4.68 Å². The summed E-state index contributed by atoms with van der Waals surface area (Å²) in [5, 5.41) is 12.8. The van der Waals surface area contributed by atoms with Crippen molar-refractivity contribution in [1.29, 1.82) is 0 Å². The van der Waals surface area contributed by atoms with E-state index >= 15 is 0 Å². The fourth-order valence-corrected chi connectivity index (χ4v) is 1.73. The van der Waals surface area contributed by atoms with Crippen molar-refractivity contribution < 1.29 is 9.90 Å². The van der Waals surface area contributed by atoms with Gasteiger partial charge in [-0.15, -0.1) is 0 Å². The lowest BCUT2D eigenvalue weighted by molar-refractivity contribution is -0.136. The maximum Gasteiger partial charge on any atom is 0.311 e. The van der Waals surface area contributed by atoms with Gasteiger partial charge in [0.15, 0.2) is 5.82 Å². The Kier molecular flexibility index (Phi) is 2.23. The molecule has 5 nitrogen and oxygen atoms in total. The van der Waals surface area contributed by atoms with Crippen molar-refractivity contribution in [3.05, 3.63) is 11.6 Å². The van der Waals surface area contributed by atoms with Gasteiger partial charge in [0.05, 0.1) is 0 Å². The highest BCUT2D eigenvalue weighted by molar-refractivity contribution is 5.68. The second-order valence-electron chi connectivity index (χ2n) is 3.84. The Labute approximate surface area is 81.8 Å². The smallest absolute Gasteiger partial charge is 0.311 e. The molecule has 0 saturated carbocycles. The van der Waals surface area contributed by atoms with Crippen molar-refractivity contribution in [1.82, 2.24) is 14.8 Å². The lowest BCUT2D eigenvalue weighted by atomic mass is 10.0. The molecule has 0 amide bonds. The van der Waals surface area contributed by atoms with Crippen LogP contribution in [0.3, 0.4) is 0 Å². The molecule has 0 saturated heterocycles. The first-order chi connectivity index (χ1) is 6.65. The maximum absolute atomic E-state index is 10.5. The zero-order valence-electron chi connectivity index (χ0n) is 8.10. The van der Waals surface area contributed by atoms with Crippen LogP contribution >= 0.6 is 0 Å². The van der Waals surface area contributed by atoms with Crippen molar-refractivity contribution >= 4 is 5.97 Å². The summed E-state index contributed by atoms with van der Waals surface area (Å²) in [4.78, 5) is 14.7. The number of aliphatic carboxylic acids is 1. The SMILES string of the molecule is CC1CCc2nc(CC(=O)O)nn2C1. The zero-order valence-corrected chi connectivity index (χ0v) is 8.10. The molecule has 76 valence electrons. The number of fused-ring (bicyclic) bond motifs is 1.